The fourth-order valence-electron chi connectivity index (χ4n) is 2.49. The van der Waals surface area contributed by atoms with Crippen molar-refractivity contribution in [2.75, 3.05) is 26.4 Å². The van der Waals surface area contributed by atoms with Gasteiger partial charge in [-0.2, -0.15) is 0 Å². The zero-order valence-corrected chi connectivity index (χ0v) is 11.9. The molecule has 1 aliphatic rings. The van der Waals surface area contributed by atoms with Crippen LogP contribution in [0.5, 0.6) is 0 Å². The third-order valence-corrected chi connectivity index (χ3v) is 3.47. The molecule has 1 atom stereocenters. The highest BCUT2D eigenvalue weighted by Crippen LogP contribution is 2.31. The highest BCUT2D eigenvalue weighted by Gasteiger charge is 2.23. The average molecular weight is 296 g/mol. The Balaban J connectivity index is 1.70. The minimum absolute atomic E-state index is 0.00952. The molecule has 5 nitrogen and oxygen atoms in total. The number of rotatable bonds is 7. The van der Waals surface area contributed by atoms with E-state index >= 15 is 0 Å². The van der Waals surface area contributed by atoms with Crippen LogP contribution in [0.25, 0.3) is 0 Å². The van der Waals surface area contributed by atoms with Gasteiger partial charge in [-0.25, -0.2) is 9.18 Å². The molecule has 0 fully saturated rings. The first-order valence-electron chi connectivity index (χ1n) is 7.22. The molecule has 0 saturated heterocycles. The molecule has 0 bridgehead atoms. The van der Waals surface area contributed by atoms with Crippen LogP contribution in [0.1, 0.15) is 30.0 Å². The Bertz CT molecular complexity index is 482. The molecule has 1 aliphatic carbocycles. The number of aliphatic hydroxyl groups excluding tert-OH is 1. The summed E-state index contributed by atoms with van der Waals surface area (Å²) in [5.74, 6) is -0.235. The molecule has 0 spiro atoms. The van der Waals surface area contributed by atoms with Crippen molar-refractivity contribution in [3.8, 4) is 0 Å². The number of aryl methyl sites for hydroxylation is 1. The van der Waals surface area contributed by atoms with E-state index in [1.807, 2.05) is 0 Å². The lowest BCUT2D eigenvalue weighted by Gasteiger charge is -2.15. The number of carbonyl (C=O) groups is 1. The summed E-state index contributed by atoms with van der Waals surface area (Å²) in [6.45, 7) is 1.35. The first kappa shape index (κ1) is 15.7. The van der Waals surface area contributed by atoms with Crippen molar-refractivity contribution in [1.82, 2.24) is 10.6 Å². The van der Waals surface area contributed by atoms with Crippen LogP contribution in [0, 0.1) is 5.82 Å². The van der Waals surface area contributed by atoms with Crippen LogP contribution in [0.3, 0.4) is 0 Å². The topological polar surface area (TPSA) is 70.6 Å². The largest absolute Gasteiger partial charge is 0.394 e. The maximum Gasteiger partial charge on any atom is 0.315 e. The van der Waals surface area contributed by atoms with Crippen LogP contribution in [-0.4, -0.2) is 37.5 Å². The maximum absolute atomic E-state index is 13.1. The van der Waals surface area contributed by atoms with E-state index in [4.69, 9.17) is 9.84 Å². The maximum atomic E-state index is 13.1. The molecule has 2 rings (SSSR count). The summed E-state index contributed by atoms with van der Waals surface area (Å²) in [7, 11) is 0. The van der Waals surface area contributed by atoms with E-state index < -0.39 is 0 Å². The van der Waals surface area contributed by atoms with Gasteiger partial charge < -0.3 is 20.5 Å². The highest BCUT2D eigenvalue weighted by molar-refractivity contribution is 5.74. The number of amides is 2. The summed E-state index contributed by atoms with van der Waals surface area (Å²) in [5.41, 5.74) is 1.97. The number of hydrogen-bond acceptors (Lipinski definition) is 3. The van der Waals surface area contributed by atoms with Gasteiger partial charge in [0.2, 0.25) is 0 Å². The minimum Gasteiger partial charge on any atom is -0.394 e. The van der Waals surface area contributed by atoms with Crippen molar-refractivity contribution in [3.05, 3.63) is 35.1 Å². The van der Waals surface area contributed by atoms with Crippen molar-refractivity contribution in [2.45, 2.75) is 25.3 Å². The van der Waals surface area contributed by atoms with Gasteiger partial charge >= 0.3 is 6.03 Å². The molecule has 1 unspecified atom stereocenters. The molecule has 2 amide bonds. The molecule has 0 aromatic heterocycles. The second kappa shape index (κ2) is 7.95. The van der Waals surface area contributed by atoms with Crippen LogP contribution >= 0.6 is 0 Å². The zero-order valence-electron chi connectivity index (χ0n) is 11.9. The van der Waals surface area contributed by atoms with Gasteiger partial charge in [0.25, 0.3) is 0 Å². The van der Waals surface area contributed by atoms with Crippen molar-refractivity contribution in [1.29, 1.82) is 0 Å². The Morgan fingerprint density at radius 3 is 3.10 bits per heavy atom. The number of aliphatic hydroxyl groups is 1. The van der Waals surface area contributed by atoms with Crippen molar-refractivity contribution < 1.29 is 19.0 Å². The van der Waals surface area contributed by atoms with E-state index in [1.54, 1.807) is 6.07 Å². The Kier molecular flexibility index (Phi) is 5.95. The molecular weight excluding hydrogens is 275 g/mol. The monoisotopic (exact) mass is 296 g/mol. The molecule has 0 aliphatic heterocycles. The Morgan fingerprint density at radius 2 is 2.29 bits per heavy atom. The summed E-state index contributed by atoms with van der Waals surface area (Å²) >= 11 is 0. The third kappa shape index (κ3) is 4.68. The van der Waals surface area contributed by atoms with Crippen LogP contribution in [0.4, 0.5) is 9.18 Å². The normalized spacial score (nSPS) is 16.6. The van der Waals surface area contributed by atoms with E-state index in [0.717, 1.165) is 24.0 Å². The van der Waals surface area contributed by atoms with Crippen LogP contribution in [-0.2, 0) is 11.2 Å². The second-order valence-corrected chi connectivity index (χ2v) is 5.02. The summed E-state index contributed by atoms with van der Waals surface area (Å²) in [5, 5.41) is 14.2. The lowest BCUT2D eigenvalue weighted by molar-refractivity contribution is 0.0909. The van der Waals surface area contributed by atoms with Gasteiger partial charge in [-0.15, -0.1) is 0 Å². The van der Waals surface area contributed by atoms with Crippen molar-refractivity contribution >= 4 is 6.03 Å². The number of nitrogens with one attached hydrogen (secondary N) is 2. The first-order valence-corrected chi connectivity index (χ1v) is 7.22. The molecule has 6 heteroatoms. The zero-order chi connectivity index (χ0) is 15.1. The fourth-order valence-corrected chi connectivity index (χ4v) is 2.49. The summed E-state index contributed by atoms with van der Waals surface area (Å²) in [6, 6.07) is 4.43. The third-order valence-electron chi connectivity index (χ3n) is 3.47. The molecule has 3 N–H and O–H groups in total. The number of carbonyl (C=O) groups excluding carboxylic acids is 1. The van der Waals surface area contributed by atoms with Gasteiger partial charge in [0.1, 0.15) is 5.82 Å². The molecule has 0 saturated carbocycles. The number of ether oxygens (including phenoxy) is 1. The van der Waals surface area contributed by atoms with Crippen molar-refractivity contribution in [2.24, 2.45) is 0 Å². The first-order chi connectivity index (χ1) is 10.2. The molecule has 0 radical (unpaired) electrons. The van der Waals surface area contributed by atoms with Gasteiger partial charge in [0, 0.05) is 13.2 Å². The second-order valence-electron chi connectivity index (χ2n) is 5.02. The van der Waals surface area contributed by atoms with E-state index in [-0.39, 0.29) is 24.5 Å². The SMILES string of the molecule is O=C(NCCCOCCO)NC1CCc2cc(F)ccc21. The van der Waals surface area contributed by atoms with Crippen LogP contribution < -0.4 is 10.6 Å². The Morgan fingerprint density at radius 1 is 1.43 bits per heavy atom. The summed E-state index contributed by atoms with van der Waals surface area (Å²) < 4.78 is 18.2. The van der Waals surface area contributed by atoms with E-state index in [9.17, 15) is 9.18 Å². The fraction of sp³-hybridized carbons (Fsp3) is 0.533. The number of halogens is 1. The molecule has 1 aromatic carbocycles. The van der Waals surface area contributed by atoms with E-state index in [1.165, 1.54) is 12.1 Å². The molecule has 1 aromatic rings. The average Bonchev–Trinajstić information content (AvgIpc) is 2.85. The standard InChI is InChI=1S/C15H21FN2O3/c16-12-3-4-13-11(10-12)2-5-14(13)18-15(20)17-6-1-8-21-9-7-19/h3-4,10,14,19H,1-2,5-9H2,(H2,17,18,20). The van der Waals surface area contributed by atoms with E-state index in [2.05, 4.69) is 10.6 Å². The van der Waals surface area contributed by atoms with Gasteiger partial charge in [-0.3, -0.25) is 0 Å². The Labute approximate surface area is 123 Å². The predicted octanol–water partition coefficient (Wildman–Crippen LogP) is 1.51. The predicted molar refractivity (Wildman–Crippen MR) is 76.5 cm³/mol. The smallest absolute Gasteiger partial charge is 0.315 e. The minimum atomic E-state index is -0.235. The lowest BCUT2D eigenvalue weighted by atomic mass is 10.1. The van der Waals surface area contributed by atoms with Crippen molar-refractivity contribution in [3.63, 3.8) is 0 Å². The quantitative estimate of drug-likeness (QED) is 0.668. The number of urea groups is 1. The number of hydrogen-bond donors (Lipinski definition) is 3. The molecule has 0 heterocycles. The van der Waals surface area contributed by atoms with Gasteiger partial charge in [0.05, 0.1) is 19.3 Å². The van der Waals surface area contributed by atoms with E-state index in [0.29, 0.717) is 26.2 Å². The van der Waals surface area contributed by atoms with Crippen LogP contribution in [0.15, 0.2) is 18.2 Å². The Hall–Kier alpha value is -1.66. The molecule has 21 heavy (non-hydrogen) atoms. The number of benzene rings is 1. The summed E-state index contributed by atoms with van der Waals surface area (Å²) in [4.78, 5) is 11.8. The molecule has 116 valence electrons. The van der Waals surface area contributed by atoms with Gasteiger partial charge in [0.15, 0.2) is 0 Å². The van der Waals surface area contributed by atoms with Gasteiger partial charge in [-0.1, -0.05) is 6.07 Å². The number of fused-ring (bicyclic) bond motifs is 1. The summed E-state index contributed by atoms with van der Waals surface area (Å²) in [6.07, 6.45) is 2.28. The highest BCUT2D eigenvalue weighted by atomic mass is 19.1. The van der Waals surface area contributed by atoms with Crippen LogP contribution in [0.2, 0.25) is 0 Å². The molecular formula is C15H21FN2O3. The lowest BCUT2D eigenvalue weighted by Crippen LogP contribution is -2.38. The van der Waals surface area contributed by atoms with Gasteiger partial charge in [-0.05, 0) is 42.5 Å².